The highest BCUT2D eigenvalue weighted by Crippen LogP contribution is 2.67. The Labute approximate surface area is 201 Å². The summed E-state index contributed by atoms with van der Waals surface area (Å²) in [6, 6.07) is 4.71. The number of carbonyl (C=O) groups is 1. The van der Waals surface area contributed by atoms with Crippen molar-refractivity contribution in [2.24, 2.45) is 40.4 Å². The molecule has 1 amide bonds. The predicted molar refractivity (Wildman–Crippen MR) is 134 cm³/mol. The zero-order valence-electron chi connectivity index (χ0n) is 21.5. The summed E-state index contributed by atoms with van der Waals surface area (Å²) in [6.45, 7) is 7.75. The maximum Gasteiger partial charge on any atom is 0.253 e. The van der Waals surface area contributed by atoms with E-state index in [0.717, 1.165) is 42.4 Å². The first kappa shape index (κ1) is 23.3. The molecule has 1 aromatic rings. The predicted octanol–water partition coefficient (Wildman–Crippen LogP) is 5.79. The van der Waals surface area contributed by atoms with Crippen molar-refractivity contribution in [2.45, 2.75) is 90.6 Å². The number of pyridine rings is 1. The molecule has 0 spiro atoms. The van der Waals surface area contributed by atoms with Gasteiger partial charge < -0.3 is 10.2 Å². The van der Waals surface area contributed by atoms with Crippen molar-refractivity contribution in [3.63, 3.8) is 0 Å². The van der Waals surface area contributed by atoms with Gasteiger partial charge in [0.2, 0.25) is 0 Å². The lowest BCUT2D eigenvalue weighted by atomic mass is 9.44. The van der Waals surface area contributed by atoms with Crippen LogP contribution < -0.4 is 5.32 Å². The molecule has 4 saturated carbocycles. The molecule has 0 aliphatic heterocycles. The first-order chi connectivity index (χ1) is 15.7. The van der Waals surface area contributed by atoms with Gasteiger partial charge in [0.05, 0.1) is 5.56 Å². The number of amides is 1. The molecule has 4 nitrogen and oxygen atoms in total. The summed E-state index contributed by atoms with van der Waals surface area (Å²) in [5, 5.41) is 3.35. The van der Waals surface area contributed by atoms with Gasteiger partial charge in [0.25, 0.3) is 5.91 Å². The van der Waals surface area contributed by atoms with E-state index in [-0.39, 0.29) is 5.91 Å². The molecule has 0 radical (unpaired) electrons. The Morgan fingerprint density at radius 2 is 1.82 bits per heavy atom. The zero-order chi connectivity index (χ0) is 23.4. The second-order valence-electron chi connectivity index (χ2n) is 12.8. The Kier molecular flexibility index (Phi) is 6.12. The van der Waals surface area contributed by atoms with E-state index in [1.54, 1.807) is 12.4 Å². The van der Waals surface area contributed by atoms with Crippen LogP contribution in [0.3, 0.4) is 0 Å². The summed E-state index contributed by atoms with van der Waals surface area (Å²) in [6.07, 6.45) is 15.5. The number of nitrogens with one attached hydrogen (secondary N) is 1. The molecule has 4 heteroatoms. The quantitative estimate of drug-likeness (QED) is 0.630. The molecule has 5 rings (SSSR count). The third-order valence-electron chi connectivity index (χ3n) is 11.4. The number of nitrogens with zero attached hydrogens (tertiary/aromatic N) is 2. The van der Waals surface area contributed by atoms with Crippen LogP contribution in [-0.2, 0) is 0 Å². The molecule has 0 aromatic carbocycles. The Balaban J connectivity index is 1.27. The largest absolute Gasteiger partial charge is 0.349 e. The smallest absolute Gasteiger partial charge is 0.253 e. The molecule has 4 aliphatic carbocycles. The van der Waals surface area contributed by atoms with Gasteiger partial charge in [-0.25, -0.2) is 0 Å². The molecule has 1 N–H and O–H groups in total. The number of rotatable bonds is 4. The van der Waals surface area contributed by atoms with Crippen LogP contribution in [0.15, 0.2) is 24.5 Å². The van der Waals surface area contributed by atoms with Crippen LogP contribution in [0, 0.1) is 40.4 Å². The molecule has 9 atom stereocenters. The van der Waals surface area contributed by atoms with Gasteiger partial charge in [-0.3, -0.25) is 9.78 Å². The van der Waals surface area contributed by atoms with E-state index >= 15 is 0 Å². The van der Waals surface area contributed by atoms with Gasteiger partial charge in [-0.15, -0.1) is 0 Å². The molecule has 33 heavy (non-hydrogen) atoms. The second-order valence-corrected chi connectivity index (χ2v) is 12.8. The van der Waals surface area contributed by atoms with Gasteiger partial charge in [-0.1, -0.05) is 13.8 Å². The van der Waals surface area contributed by atoms with Crippen LogP contribution in [0.4, 0.5) is 0 Å². The van der Waals surface area contributed by atoms with E-state index in [0.29, 0.717) is 28.5 Å². The van der Waals surface area contributed by atoms with Crippen molar-refractivity contribution >= 4 is 5.91 Å². The lowest BCUT2D eigenvalue weighted by Crippen LogP contribution is -2.56. The van der Waals surface area contributed by atoms with E-state index in [1.807, 2.05) is 12.1 Å². The summed E-state index contributed by atoms with van der Waals surface area (Å²) in [4.78, 5) is 19.3. The minimum Gasteiger partial charge on any atom is -0.349 e. The summed E-state index contributed by atoms with van der Waals surface area (Å²) in [5.74, 6) is 4.38. The number of aromatic nitrogens is 1. The van der Waals surface area contributed by atoms with Crippen LogP contribution in [0.5, 0.6) is 0 Å². The monoisotopic (exact) mass is 451 g/mol. The lowest BCUT2D eigenvalue weighted by Gasteiger charge is -2.61. The molecule has 0 unspecified atom stereocenters. The van der Waals surface area contributed by atoms with Crippen LogP contribution in [-0.4, -0.2) is 42.0 Å². The highest BCUT2D eigenvalue weighted by atomic mass is 16.1. The van der Waals surface area contributed by atoms with Gasteiger partial charge in [0.1, 0.15) is 0 Å². The summed E-state index contributed by atoms with van der Waals surface area (Å²) >= 11 is 0. The summed E-state index contributed by atoms with van der Waals surface area (Å²) < 4.78 is 0. The molecule has 0 saturated heterocycles. The van der Waals surface area contributed by atoms with Crippen LogP contribution in [0.1, 0.15) is 88.9 Å². The standard InChI is InChI=1S/C29H45N3O/c1-19(32(4)5)24-10-11-25-23-9-8-21-17-22(31-27(33)20-7-6-16-30-18-20)12-14-28(21,2)26(23)13-15-29(24,25)3/h6-7,16,18-19,21-26H,8-15,17H2,1-5H3,(H,31,33)/t19-,21-,22-,23-,24+,25-,26-,28+,29+/m0/s1. The minimum atomic E-state index is 0.0471. The SMILES string of the molecule is C[C@@H]([C@H]1CC[C@H]2[C@@H]3CC[C@H]4C[C@@H](NC(=O)c5cccnc5)CC[C@@]4(C)[C@H]3CC[C@]12C)N(C)C. The fourth-order valence-corrected chi connectivity index (χ4v) is 9.35. The molecular formula is C29H45N3O. The van der Waals surface area contributed by atoms with Gasteiger partial charge in [-0.05, 0) is 131 Å². The molecule has 182 valence electrons. The molecule has 4 aliphatic rings. The van der Waals surface area contributed by atoms with E-state index in [9.17, 15) is 4.79 Å². The van der Waals surface area contributed by atoms with Crippen molar-refractivity contribution in [2.75, 3.05) is 14.1 Å². The van der Waals surface area contributed by atoms with E-state index < -0.39 is 0 Å². The molecule has 4 fully saturated rings. The molecule has 1 aromatic heterocycles. The molecular weight excluding hydrogens is 406 g/mol. The van der Waals surface area contributed by atoms with E-state index in [2.05, 4.69) is 50.1 Å². The van der Waals surface area contributed by atoms with Crippen LogP contribution in [0.25, 0.3) is 0 Å². The topological polar surface area (TPSA) is 45.2 Å². The van der Waals surface area contributed by atoms with E-state index in [4.69, 9.17) is 0 Å². The normalized spacial score (nSPS) is 43.3. The fourth-order valence-electron chi connectivity index (χ4n) is 9.35. The third-order valence-corrected chi connectivity index (χ3v) is 11.4. The average Bonchev–Trinajstić information content (AvgIpc) is 3.16. The lowest BCUT2D eigenvalue weighted by molar-refractivity contribution is -0.117. The maximum absolute atomic E-state index is 12.7. The van der Waals surface area contributed by atoms with E-state index in [1.165, 1.54) is 44.9 Å². The Morgan fingerprint density at radius 3 is 2.55 bits per heavy atom. The molecule has 0 bridgehead atoms. The van der Waals surface area contributed by atoms with Crippen molar-refractivity contribution in [1.29, 1.82) is 0 Å². The fraction of sp³-hybridized carbons (Fsp3) is 0.793. The summed E-state index contributed by atoms with van der Waals surface area (Å²) in [7, 11) is 4.54. The number of hydrogen-bond acceptors (Lipinski definition) is 3. The number of fused-ring (bicyclic) bond motifs is 5. The van der Waals surface area contributed by atoms with Crippen molar-refractivity contribution < 1.29 is 4.79 Å². The molecule has 1 heterocycles. The maximum atomic E-state index is 12.7. The highest BCUT2D eigenvalue weighted by molar-refractivity contribution is 5.94. The van der Waals surface area contributed by atoms with Gasteiger partial charge >= 0.3 is 0 Å². The van der Waals surface area contributed by atoms with Crippen LogP contribution >= 0.6 is 0 Å². The van der Waals surface area contributed by atoms with Gasteiger partial charge in [0, 0.05) is 24.5 Å². The number of hydrogen-bond donors (Lipinski definition) is 1. The first-order valence-electron chi connectivity index (χ1n) is 13.6. The Morgan fingerprint density at radius 1 is 1.06 bits per heavy atom. The average molecular weight is 452 g/mol. The van der Waals surface area contributed by atoms with Gasteiger partial charge in [0.15, 0.2) is 0 Å². The first-order valence-corrected chi connectivity index (χ1v) is 13.6. The Bertz CT molecular complexity index is 856. The highest BCUT2D eigenvalue weighted by Gasteiger charge is 2.60. The summed E-state index contributed by atoms with van der Waals surface area (Å²) in [5.41, 5.74) is 1.68. The number of carbonyl (C=O) groups excluding carboxylic acids is 1. The van der Waals surface area contributed by atoms with Crippen molar-refractivity contribution in [3.05, 3.63) is 30.1 Å². The zero-order valence-corrected chi connectivity index (χ0v) is 21.5. The van der Waals surface area contributed by atoms with Gasteiger partial charge in [-0.2, -0.15) is 0 Å². The van der Waals surface area contributed by atoms with Crippen molar-refractivity contribution in [3.8, 4) is 0 Å². The van der Waals surface area contributed by atoms with Crippen LogP contribution in [0.2, 0.25) is 0 Å². The minimum absolute atomic E-state index is 0.0471. The Hall–Kier alpha value is -1.42. The van der Waals surface area contributed by atoms with Crippen molar-refractivity contribution in [1.82, 2.24) is 15.2 Å². The third kappa shape index (κ3) is 3.85. The second kappa shape index (κ2) is 8.66.